The zero-order valence-electron chi connectivity index (χ0n) is 15.9. The van der Waals surface area contributed by atoms with Crippen molar-refractivity contribution in [3.05, 3.63) is 57.7 Å². The lowest BCUT2D eigenvalue weighted by Crippen LogP contribution is -2.12. The molecule has 11 heteroatoms. The van der Waals surface area contributed by atoms with Crippen LogP contribution in [-0.4, -0.2) is 31.0 Å². The summed E-state index contributed by atoms with van der Waals surface area (Å²) in [5.41, 5.74) is 1.74. The molecule has 0 fully saturated rings. The Labute approximate surface area is 180 Å². The molecule has 4 aromatic rings. The molecule has 3 N–H and O–H groups in total. The van der Waals surface area contributed by atoms with E-state index in [2.05, 4.69) is 30.7 Å². The van der Waals surface area contributed by atoms with Crippen LogP contribution in [-0.2, 0) is 7.05 Å². The third-order valence-electron chi connectivity index (χ3n) is 4.25. The van der Waals surface area contributed by atoms with Crippen LogP contribution < -0.4 is 16.2 Å². The van der Waals surface area contributed by atoms with Crippen LogP contribution in [0, 0.1) is 11.3 Å². The molecule has 3 heterocycles. The van der Waals surface area contributed by atoms with Crippen molar-refractivity contribution < 1.29 is 0 Å². The van der Waals surface area contributed by atoms with Crippen molar-refractivity contribution in [2.24, 2.45) is 7.05 Å². The Morgan fingerprint density at radius 3 is 2.77 bits per heavy atom. The molecular formula is C19H15ClN8OS. The van der Waals surface area contributed by atoms with Crippen LogP contribution in [0.25, 0.3) is 11.0 Å². The predicted octanol–water partition coefficient (Wildman–Crippen LogP) is 3.79. The van der Waals surface area contributed by atoms with E-state index >= 15 is 0 Å². The number of hydrogen-bond acceptors (Lipinski definition) is 8. The molecule has 9 nitrogen and oxygen atoms in total. The number of hydrogen-bond donors (Lipinski definition) is 3. The fourth-order valence-corrected chi connectivity index (χ4v) is 3.73. The Kier molecular flexibility index (Phi) is 5.31. The molecule has 0 saturated heterocycles. The number of thioether (sulfide) groups is 1. The number of halogens is 1. The van der Waals surface area contributed by atoms with E-state index in [1.807, 2.05) is 24.5 Å². The molecule has 30 heavy (non-hydrogen) atoms. The van der Waals surface area contributed by atoms with E-state index in [1.165, 1.54) is 28.8 Å². The van der Waals surface area contributed by atoms with Crippen LogP contribution in [0.1, 0.15) is 5.69 Å². The Bertz CT molecular complexity index is 1360. The van der Waals surface area contributed by atoms with Gasteiger partial charge >= 0.3 is 0 Å². The Morgan fingerprint density at radius 1 is 1.17 bits per heavy atom. The second-order valence-electron chi connectivity index (χ2n) is 6.25. The van der Waals surface area contributed by atoms with Crippen LogP contribution >= 0.6 is 23.4 Å². The number of pyridine rings is 1. The van der Waals surface area contributed by atoms with E-state index < -0.39 is 0 Å². The standard InChI is InChI=1S/C19H15ClN8OS/c1-28-19(29)17-13(24-12-4-3-10(20)5-14(12)30-2)6-15(26-18(17)27-28)25-16-9-22-8-11(7-21)23-16/h3-6,8-9H,1-2H3,(H3,23,24,25,26,27). The number of fused-ring (bicyclic) bond motifs is 1. The fraction of sp³-hybridized carbons (Fsp3) is 0.105. The van der Waals surface area contributed by atoms with Crippen LogP contribution in [0.15, 0.2) is 46.3 Å². The van der Waals surface area contributed by atoms with Gasteiger partial charge in [0.05, 0.1) is 23.8 Å². The normalized spacial score (nSPS) is 10.7. The largest absolute Gasteiger partial charge is 0.354 e. The van der Waals surface area contributed by atoms with Crippen molar-refractivity contribution in [1.82, 2.24) is 24.7 Å². The maximum Gasteiger partial charge on any atom is 0.277 e. The number of nitrogens with zero attached hydrogens (tertiary/aromatic N) is 5. The van der Waals surface area contributed by atoms with Gasteiger partial charge < -0.3 is 10.6 Å². The second kappa shape index (κ2) is 8.06. The van der Waals surface area contributed by atoms with Gasteiger partial charge in [-0.05, 0) is 24.5 Å². The fourth-order valence-electron chi connectivity index (χ4n) is 2.91. The third kappa shape index (κ3) is 3.80. The molecule has 4 rings (SSSR count). The first-order valence-corrected chi connectivity index (χ1v) is 10.3. The van der Waals surface area contributed by atoms with Gasteiger partial charge in [0.1, 0.15) is 17.3 Å². The topological polar surface area (TPSA) is 124 Å². The lowest BCUT2D eigenvalue weighted by molar-refractivity contribution is 0.748. The molecule has 0 atom stereocenters. The molecule has 0 saturated carbocycles. The summed E-state index contributed by atoms with van der Waals surface area (Å²) in [5, 5.41) is 19.3. The zero-order valence-corrected chi connectivity index (χ0v) is 17.5. The molecule has 0 radical (unpaired) electrons. The number of H-pyrrole nitrogens is 1. The second-order valence-corrected chi connectivity index (χ2v) is 7.54. The molecule has 0 aliphatic heterocycles. The number of aromatic amines is 1. The average molecular weight is 439 g/mol. The Balaban J connectivity index is 1.81. The molecule has 0 aliphatic rings. The van der Waals surface area contributed by atoms with Gasteiger partial charge in [-0.3, -0.25) is 19.6 Å². The van der Waals surface area contributed by atoms with Crippen molar-refractivity contribution in [3.63, 3.8) is 0 Å². The Morgan fingerprint density at radius 2 is 2.00 bits per heavy atom. The van der Waals surface area contributed by atoms with Crippen LogP contribution in [0.2, 0.25) is 5.02 Å². The maximum atomic E-state index is 12.6. The average Bonchev–Trinajstić information content (AvgIpc) is 3.03. The summed E-state index contributed by atoms with van der Waals surface area (Å²) in [7, 11) is 1.62. The number of aromatic nitrogens is 5. The lowest BCUT2D eigenvalue weighted by Gasteiger charge is -2.13. The molecular weight excluding hydrogens is 424 g/mol. The first-order valence-electron chi connectivity index (χ1n) is 8.68. The highest BCUT2D eigenvalue weighted by molar-refractivity contribution is 7.98. The summed E-state index contributed by atoms with van der Waals surface area (Å²) in [6.07, 6.45) is 4.80. The van der Waals surface area contributed by atoms with Gasteiger partial charge in [-0.15, -0.1) is 11.8 Å². The number of aryl methyl sites for hydroxylation is 1. The zero-order chi connectivity index (χ0) is 21.3. The molecule has 3 aromatic heterocycles. The van der Waals surface area contributed by atoms with Crippen LogP contribution in [0.4, 0.5) is 23.0 Å². The number of nitrogens with one attached hydrogen (secondary N) is 3. The predicted molar refractivity (Wildman–Crippen MR) is 118 cm³/mol. The summed E-state index contributed by atoms with van der Waals surface area (Å²) >= 11 is 7.64. The Hall–Kier alpha value is -3.55. The van der Waals surface area contributed by atoms with Gasteiger partial charge in [-0.25, -0.2) is 9.97 Å². The number of nitriles is 1. The van der Waals surface area contributed by atoms with E-state index in [-0.39, 0.29) is 11.3 Å². The SMILES string of the molecule is CSc1cc(Cl)ccc1Nc1cc(Nc2cncc(C#N)n2)nc2[nH]n(C)c(=O)c12. The van der Waals surface area contributed by atoms with Crippen molar-refractivity contribution in [1.29, 1.82) is 5.26 Å². The molecule has 150 valence electrons. The van der Waals surface area contributed by atoms with Gasteiger partial charge in [0.25, 0.3) is 5.56 Å². The lowest BCUT2D eigenvalue weighted by atomic mass is 10.2. The van der Waals surface area contributed by atoms with Crippen LogP contribution in [0.3, 0.4) is 0 Å². The minimum absolute atomic E-state index is 0.179. The van der Waals surface area contributed by atoms with Gasteiger partial charge in [0.15, 0.2) is 17.2 Å². The maximum absolute atomic E-state index is 12.6. The number of benzene rings is 1. The van der Waals surface area contributed by atoms with E-state index in [9.17, 15) is 4.79 Å². The summed E-state index contributed by atoms with van der Waals surface area (Å²) in [4.78, 5) is 26.2. The molecule has 0 spiro atoms. The highest BCUT2D eigenvalue weighted by atomic mass is 35.5. The molecule has 1 aromatic carbocycles. The smallest absolute Gasteiger partial charge is 0.277 e. The monoisotopic (exact) mass is 438 g/mol. The summed E-state index contributed by atoms with van der Waals surface area (Å²) in [6.45, 7) is 0. The molecule has 0 unspecified atom stereocenters. The van der Waals surface area contributed by atoms with E-state index in [0.29, 0.717) is 33.4 Å². The van der Waals surface area contributed by atoms with E-state index in [0.717, 1.165) is 10.6 Å². The highest BCUT2D eigenvalue weighted by Gasteiger charge is 2.15. The van der Waals surface area contributed by atoms with Gasteiger partial charge in [0, 0.05) is 23.0 Å². The van der Waals surface area contributed by atoms with Gasteiger partial charge in [-0.2, -0.15) is 5.26 Å². The quantitative estimate of drug-likeness (QED) is 0.402. The highest BCUT2D eigenvalue weighted by Crippen LogP contribution is 2.33. The minimum atomic E-state index is -0.211. The first kappa shape index (κ1) is 19.8. The van der Waals surface area contributed by atoms with E-state index in [1.54, 1.807) is 19.2 Å². The summed E-state index contributed by atoms with van der Waals surface area (Å²) in [6, 6.07) is 9.13. The van der Waals surface area contributed by atoms with Crippen molar-refractivity contribution >= 4 is 57.4 Å². The van der Waals surface area contributed by atoms with E-state index in [4.69, 9.17) is 16.9 Å². The summed E-state index contributed by atoms with van der Waals surface area (Å²) < 4.78 is 1.36. The molecule has 0 amide bonds. The van der Waals surface area contributed by atoms with Gasteiger partial charge in [-0.1, -0.05) is 11.6 Å². The van der Waals surface area contributed by atoms with Crippen molar-refractivity contribution in [2.45, 2.75) is 4.90 Å². The van der Waals surface area contributed by atoms with Gasteiger partial charge in [0.2, 0.25) is 0 Å². The number of rotatable bonds is 5. The number of anilines is 4. The van der Waals surface area contributed by atoms with Crippen LogP contribution in [0.5, 0.6) is 0 Å². The molecule has 0 bridgehead atoms. The molecule has 0 aliphatic carbocycles. The third-order valence-corrected chi connectivity index (χ3v) is 5.26. The summed E-state index contributed by atoms with van der Waals surface area (Å²) in [5.74, 6) is 0.789. The minimum Gasteiger partial charge on any atom is -0.354 e. The van der Waals surface area contributed by atoms with Crippen molar-refractivity contribution in [3.8, 4) is 6.07 Å². The van der Waals surface area contributed by atoms with Crippen molar-refractivity contribution in [2.75, 3.05) is 16.9 Å². The first-order chi connectivity index (χ1) is 14.5.